The zero-order chi connectivity index (χ0) is 15.6. The van der Waals surface area contributed by atoms with E-state index in [1.807, 2.05) is 13.8 Å². The average Bonchev–Trinajstić information content (AvgIpc) is 2.38. The predicted molar refractivity (Wildman–Crippen MR) is 83.3 cm³/mol. The van der Waals surface area contributed by atoms with Crippen molar-refractivity contribution in [3.05, 3.63) is 22.7 Å². The van der Waals surface area contributed by atoms with Gasteiger partial charge in [0.05, 0.1) is 16.5 Å². The van der Waals surface area contributed by atoms with E-state index in [-0.39, 0.29) is 10.3 Å². The molecule has 0 atom stereocenters. The Bertz CT molecular complexity index is 573. The number of halogens is 1. The minimum atomic E-state index is -3.55. The number of nitrogens with zero attached hydrogens (tertiary/aromatic N) is 1. The van der Waals surface area contributed by atoms with Crippen molar-refractivity contribution in [2.75, 3.05) is 27.2 Å². The molecule has 1 aromatic carbocycles. The molecule has 0 spiro atoms. The largest absolute Gasteiger partial charge is 0.496 e. The maximum atomic E-state index is 12.5. The van der Waals surface area contributed by atoms with E-state index in [1.54, 1.807) is 19.2 Å². The number of methoxy groups -OCH3 is 1. The first-order valence-corrected chi connectivity index (χ1v) is 8.37. The van der Waals surface area contributed by atoms with Crippen LogP contribution in [0.25, 0.3) is 0 Å². The molecule has 1 aromatic rings. The zero-order valence-electron chi connectivity index (χ0n) is 12.2. The normalized spacial score (nSPS) is 12.8. The highest BCUT2D eigenvalue weighted by Crippen LogP contribution is 2.29. The second kappa shape index (κ2) is 6.43. The maximum absolute atomic E-state index is 12.5. The molecule has 0 aliphatic rings. The summed E-state index contributed by atoms with van der Waals surface area (Å²) in [5, 5.41) is 0. The van der Waals surface area contributed by atoms with Crippen molar-refractivity contribution in [1.82, 2.24) is 4.31 Å². The van der Waals surface area contributed by atoms with Crippen LogP contribution in [0.2, 0.25) is 0 Å². The molecule has 2 N–H and O–H groups in total. The van der Waals surface area contributed by atoms with Gasteiger partial charge in [-0.25, -0.2) is 12.7 Å². The lowest BCUT2D eigenvalue weighted by Crippen LogP contribution is -2.39. The third-order valence-electron chi connectivity index (χ3n) is 3.03. The SMILES string of the molecule is COc1cc(S(=O)(=O)N(C)CC(C)(C)CN)ccc1Br. The Balaban J connectivity index is 3.10. The predicted octanol–water partition coefficient (Wildman–Crippen LogP) is 2.06. The Kier molecular flexibility index (Phi) is 5.60. The number of benzene rings is 1. The Labute approximate surface area is 129 Å². The quantitative estimate of drug-likeness (QED) is 0.838. The van der Waals surface area contributed by atoms with Gasteiger partial charge in [-0.3, -0.25) is 0 Å². The van der Waals surface area contributed by atoms with Crippen molar-refractivity contribution >= 4 is 26.0 Å². The molecule has 0 unspecified atom stereocenters. The number of hydrogen-bond donors (Lipinski definition) is 1. The smallest absolute Gasteiger partial charge is 0.242 e. The van der Waals surface area contributed by atoms with E-state index in [9.17, 15) is 8.42 Å². The molecule has 5 nitrogen and oxygen atoms in total. The topological polar surface area (TPSA) is 72.6 Å². The van der Waals surface area contributed by atoms with Crippen LogP contribution in [0.1, 0.15) is 13.8 Å². The van der Waals surface area contributed by atoms with E-state index in [0.29, 0.717) is 23.3 Å². The molecular formula is C13H21BrN2O3S. The molecule has 0 radical (unpaired) electrons. The minimum absolute atomic E-state index is 0.202. The van der Waals surface area contributed by atoms with Gasteiger partial charge in [0.25, 0.3) is 0 Å². The summed E-state index contributed by atoms with van der Waals surface area (Å²) >= 11 is 3.30. The van der Waals surface area contributed by atoms with Gasteiger partial charge in [-0.05, 0) is 40.0 Å². The number of ether oxygens (including phenoxy) is 1. The summed E-state index contributed by atoms with van der Waals surface area (Å²) in [5.41, 5.74) is 5.38. The molecule has 0 aliphatic carbocycles. The third-order valence-corrected chi connectivity index (χ3v) is 5.49. The van der Waals surface area contributed by atoms with Gasteiger partial charge in [0, 0.05) is 19.7 Å². The van der Waals surface area contributed by atoms with Crippen molar-refractivity contribution in [3.8, 4) is 5.75 Å². The summed E-state index contributed by atoms with van der Waals surface area (Å²) in [5.74, 6) is 0.484. The van der Waals surface area contributed by atoms with Gasteiger partial charge >= 0.3 is 0 Å². The van der Waals surface area contributed by atoms with Gasteiger partial charge < -0.3 is 10.5 Å². The summed E-state index contributed by atoms with van der Waals surface area (Å²) < 4.78 is 32.2. The van der Waals surface area contributed by atoms with Crippen LogP contribution in [0.3, 0.4) is 0 Å². The summed E-state index contributed by atoms with van der Waals surface area (Å²) in [7, 11) is -0.500. The van der Waals surface area contributed by atoms with Gasteiger partial charge in [0.15, 0.2) is 0 Å². The summed E-state index contributed by atoms with van der Waals surface area (Å²) in [6.07, 6.45) is 0. The molecule has 0 amide bonds. The Hall–Kier alpha value is -0.630. The van der Waals surface area contributed by atoms with E-state index in [4.69, 9.17) is 10.5 Å². The monoisotopic (exact) mass is 364 g/mol. The second-order valence-corrected chi connectivity index (χ2v) is 8.32. The Morgan fingerprint density at radius 3 is 2.50 bits per heavy atom. The fourth-order valence-electron chi connectivity index (χ4n) is 1.73. The molecule has 114 valence electrons. The lowest BCUT2D eigenvalue weighted by molar-refractivity contribution is 0.292. The van der Waals surface area contributed by atoms with E-state index in [0.717, 1.165) is 0 Å². The van der Waals surface area contributed by atoms with Gasteiger partial charge in [0.1, 0.15) is 5.75 Å². The highest BCUT2D eigenvalue weighted by atomic mass is 79.9. The Morgan fingerprint density at radius 2 is 2.00 bits per heavy atom. The van der Waals surface area contributed by atoms with Crippen molar-refractivity contribution < 1.29 is 13.2 Å². The van der Waals surface area contributed by atoms with Gasteiger partial charge in [-0.1, -0.05) is 13.8 Å². The van der Waals surface area contributed by atoms with E-state index >= 15 is 0 Å². The van der Waals surface area contributed by atoms with Crippen molar-refractivity contribution in [1.29, 1.82) is 0 Å². The molecule has 0 fully saturated rings. The lowest BCUT2D eigenvalue weighted by Gasteiger charge is -2.28. The van der Waals surface area contributed by atoms with E-state index in [1.165, 1.54) is 17.5 Å². The number of rotatable bonds is 6. The molecular weight excluding hydrogens is 344 g/mol. The second-order valence-electron chi connectivity index (χ2n) is 5.43. The molecule has 0 heterocycles. The van der Waals surface area contributed by atoms with Crippen molar-refractivity contribution in [2.24, 2.45) is 11.1 Å². The van der Waals surface area contributed by atoms with Crippen LogP contribution < -0.4 is 10.5 Å². The molecule has 0 aromatic heterocycles. The highest BCUT2D eigenvalue weighted by molar-refractivity contribution is 9.10. The zero-order valence-corrected chi connectivity index (χ0v) is 14.6. The number of nitrogens with two attached hydrogens (primary N) is 1. The van der Waals surface area contributed by atoms with Crippen molar-refractivity contribution in [3.63, 3.8) is 0 Å². The standard InChI is InChI=1S/C13H21BrN2O3S/c1-13(2,8-15)9-16(3)20(17,18)10-5-6-11(14)12(7-10)19-4/h5-7H,8-9,15H2,1-4H3. The molecule has 20 heavy (non-hydrogen) atoms. The molecule has 0 saturated heterocycles. The first-order valence-electron chi connectivity index (χ1n) is 6.14. The summed E-state index contributed by atoms with van der Waals surface area (Å²) in [4.78, 5) is 0.202. The maximum Gasteiger partial charge on any atom is 0.242 e. The van der Waals surface area contributed by atoms with Gasteiger partial charge in [0.2, 0.25) is 10.0 Å². The lowest BCUT2D eigenvalue weighted by atomic mass is 9.94. The van der Waals surface area contributed by atoms with Crippen LogP contribution in [0.15, 0.2) is 27.6 Å². The highest BCUT2D eigenvalue weighted by Gasteiger charge is 2.27. The van der Waals surface area contributed by atoms with Crippen LogP contribution in [0, 0.1) is 5.41 Å². The van der Waals surface area contributed by atoms with E-state index in [2.05, 4.69) is 15.9 Å². The summed E-state index contributed by atoms with van der Waals surface area (Å²) in [6, 6.07) is 4.72. The fourth-order valence-corrected chi connectivity index (χ4v) is 3.52. The van der Waals surface area contributed by atoms with Crippen LogP contribution in [-0.2, 0) is 10.0 Å². The summed E-state index contributed by atoms with van der Waals surface area (Å²) in [6.45, 7) is 4.63. The molecule has 0 aliphatic heterocycles. The molecule has 0 saturated carbocycles. The van der Waals surface area contributed by atoms with Gasteiger partial charge in [-0.2, -0.15) is 0 Å². The number of hydrogen-bond acceptors (Lipinski definition) is 4. The van der Waals surface area contributed by atoms with Crippen LogP contribution >= 0.6 is 15.9 Å². The molecule has 0 bridgehead atoms. The number of sulfonamides is 1. The van der Waals surface area contributed by atoms with Gasteiger partial charge in [-0.15, -0.1) is 0 Å². The Morgan fingerprint density at radius 1 is 1.40 bits per heavy atom. The molecule has 7 heteroatoms. The molecule has 1 rings (SSSR count). The van der Waals surface area contributed by atoms with Crippen LogP contribution in [0.5, 0.6) is 5.75 Å². The van der Waals surface area contributed by atoms with Crippen LogP contribution in [0.4, 0.5) is 0 Å². The first-order chi connectivity index (χ1) is 9.14. The van der Waals surface area contributed by atoms with Crippen LogP contribution in [-0.4, -0.2) is 40.0 Å². The first kappa shape index (κ1) is 17.4. The van der Waals surface area contributed by atoms with Crippen molar-refractivity contribution in [2.45, 2.75) is 18.7 Å². The average molecular weight is 365 g/mol. The third kappa shape index (κ3) is 3.94. The minimum Gasteiger partial charge on any atom is -0.496 e. The fraction of sp³-hybridized carbons (Fsp3) is 0.538. The van der Waals surface area contributed by atoms with E-state index < -0.39 is 10.0 Å².